The van der Waals surface area contributed by atoms with Gasteiger partial charge in [0.1, 0.15) is 17.0 Å². The van der Waals surface area contributed by atoms with Crippen LogP contribution < -0.4 is 10.5 Å². The van der Waals surface area contributed by atoms with Crippen molar-refractivity contribution in [1.29, 1.82) is 0 Å². The van der Waals surface area contributed by atoms with Gasteiger partial charge in [0.2, 0.25) is 5.89 Å². The molecule has 0 aliphatic heterocycles. The zero-order chi connectivity index (χ0) is 25.3. The highest BCUT2D eigenvalue weighted by atomic mass is 19.4. The highest BCUT2D eigenvalue weighted by Crippen LogP contribution is 2.37. The molecule has 2 aromatic heterocycles. The van der Waals surface area contributed by atoms with Crippen molar-refractivity contribution in [3.8, 4) is 17.2 Å². The molecule has 10 heteroatoms. The Morgan fingerprint density at radius 1 is 1.11 bits per heavy atom. The van der Waals surface area contributed by atoms with Crippen LogP contribution in [0.5, 0.6) is 5.75 Å². The maximum atomic E-state index is 13.3. The second kappa shape index (κ2) is 9.38. The van der Waals surface area contributed by atoms with E-state index in [4.69, 9.17) is 14.9 Å². The Kier molecular flexibility index (Phi) is 6.49. The molecule has 0 saturated carbocycles. The molecule has 0 radical (unpaired) electrons. The number of nitrogens with two attached hydrogens (primary N) is 1. The number of benzene rings is 2. The van der Waals surface area contributed by atoms with E-state index in [0.29, 0.717) is 10.9 Å². The van der Waals surface area contributed by atoms with Crippen LogP contribution in [0.4, 0.5) is 13.2 Å². The molecule has 2 aromatic carbocycles. The smallest absolute Gasteiger partial charge is 0.433 e. The number of methoxy groups -OCH3 is 1. The Balaban J connectivity index is 1.77. The Hall–Kier alpha value is -3.92. The van der Waals surface area contributed by atoms with Crippen molar-refractivity contribution in [3.63, 3.8) is 0 Å². The predicted octanol–water partition coefficient (Wildman–Crippen LogP) is 5.21. The van der Waals surface area contributed by atoms with Crippen molar-refractivity contribution < 1.29 is 27.1 Å². The third-order valence-corrected chi connectivity index (χ3v) is 5.83. The molecule has 0 spiro atoms. The molecule has 4 rings (SSSR count). The van der Waals surface area contributed by atoms with E-state index < -0.39 is 17.8 Å². The highest BCUT2D eigenvalue weighted by molar-refractivity contribution is 5.98. The zero-order valence-corrected chi connectivity index (χ0v) is 19.3. The first-order chi connectivity index (χ1) is 16.7. The molecule has 0 saturated heterocycles. The van der Waals surface area contributed by atoms with Gasteiger partial charge in [-0.05, 0) is 36.8 Å². The second-order valence-corrected chi connectivity index (χ2v) is 7.90. The van der Waals surface area contributed by atoms with Gasteiger partial charge in [0.25, 0.3) is 5.91 Å². The van der Waals surface area contributed by atoms with Crippen molar-refractivity contribution in [3.05, 3.63) is 77.3 Å². The van der Waals surface area contributed by atoms with Crippen LogP contribution in [0.2, 0.25) is 0 Å². The first-order valence-electron chi connectivity index (χ1n) is 10.7. The standard InChI is InChI=1S/C25H23F3N4O3/c1-14(15-7-5-4-6-8-15)32(2)24(33)22-19(13-29)35-23(31-22)17-9-11-18(34-3)21-16(17)10-12-20(30-21)25(26,27)28/h4-12,14H,13,29H2,1-3H3/t14-/m1/s1. The maximum Gasteiger partial charge on any atom is 0.433 e. The number of pyridine rings is 1. The fourth-order valence-electron chi connectivity index (χ4n) is 3.77. The molecule has 0 bridgehead atoms. The summed E-state index contributed by atoms with van der Waals surface area (Å²) in [5.74, 6) is -0.0231. The third-order valence-electron chi connectivity index (χ3n) is 5.83. The molecule has 35 heavy (non-hydrogen) atoms. The Bertz CT molecular complexity index is 1370. The average molecular weight is 484 g/mol. The average Bonchev–Trinajstić information content (AvgIpc) is 3.30. The number of aromatic nitrogens is 2. The molecular formula is C25H23F3N4O3. The van der Waals surface area contributed by atoms with Crippen LogP contribution in [0, 0.1) is 0 Å². The van der Waals surface area contributed by atoms with Gasteiger partial charge in [0.05, 0.1) is 19.7 Å². The number of carbonyl (C=O) groups is 1. The molecule has 0 aliphatic rings. The quantitative estimate of drug-likeness (QED) is 0.404. The van der Waals surface area contributed by atoms with Crippen molar-refractivity contribution in [2.45, 2.75) is 25.7 Å². The van der Waals surface area contributed by atoms with Crippen LogP contribution in [0.1, 0.15) is 40.5 Å². The summed E-state index contributed by atoms with van der Waals surface area (Å²) in [6, 6.07) is 14.5. The van der Waals surface area contributed by atoms with Gasteiger partial charge >= 0.3 is 6.18 Å². The van der Waals surface area contributed by atoms with Crippen LogP contribution >= 0.6 is 0 Å². The first-order valence-corrected chi connectivity index (χ1v) is 10.7. The van der Waals surface area contributed by atoms with Gasteiger partial charge in [-0.2, -0.15) is 13.2 Å². The molecular weight excluding hydrogens is 461 g/mol. The number of hydrogen-bond donors (Lipinski definition) is 1. The van der Waals surface area contributed by atoms with Crippen molar-refractivity contribution in [1.82, 2.24) is 14.9 Å². The summed E-state index contributed by atoms with van der Waals surface area (Å²) in [4.78, 5) is 23.0. The van der Waals surface area contributed by atoms with Gasteiger partial charge in [-0.25, -0.2) is 9.97 Å². The Morgan fingerprint density at radius 3 is 2.46 bits per heavy atom. The second-order valence-electron chi connectivity index (χ2n) is 7.90. The van der Waals surface area contributed by atoms with E-state index >= 15 is 0 Å². The van der Waals surface area contributed by atoms with Crippen LogP contribution in [0.15, 0.2) is 59.0 Å². The van der Waals surface area contributed by atoms with E-state index in [1.165, 1.54) is 24.1 Å². The number of ether oxygens (including phenoxy) is 1. The Labute approximate surface area is 199 Å². The monoisotopic (exact) mass is 484 g/mol. The van der Waals surface area contributed by atoms with Crippen LogP contribution in [-0.2, 0) is 12.7 Å². The van der Waals surface area contributed by atoms with Crippen molar-refractivity contribution in [2.24, 2.45) is 5.73 Å². The minimum atomic E-state index is -4.62. The molecule has 4 aromatic rings. The summed E-state index contributed by atoms with van der Waals surface area (Å²) in [6.07, 6.45) is -4.62. The largest absolute Gasteiger partial charge is 0.494 e. The van der Waals surface area contributed by atoms with E-state index in [1.54, 1.807) is 13.1 Å². The minimum absolute atomic E-state index is 0.00461. The third kappa shape index (κ3) is 4.57. The van der Waals surface area contributed by atoms with Gasteiger partial charge in [0.15, 0.2) is 11.5 Å². The van der Waals surface area contributed by atoms with Crippen LogP contribution in [0.25, 0.3) is 22.4 Å². The van der Waals surface area contributed by atoms with Crippen molar-refractivity contribution in [2.75, 3.05) is 14.2 Å². The Morgan fingerprint density at radius 2 is 1.83 bits per heavy atom. The normalized spacial score (nSPS) is 12.5. The van der Waals surface area contributed by atoms with Gasteiger partial charge in [-0.1, -0.05) is 30.3 Å². The number of carbonyl (C=O) groups excluding carboxylic acids is 1. The highest BCUT2D eigenvalue weighted by Gasteiger charge is 2.33. The van der Waals surface area contributed by atoms with Gasteiger partial charge in [0, 0.05) is 18.0 Å². The van der Waals surface area contributed by atoms with Crippen LogP contribution in [0.3, 0.4) is 0 Å². The topological polar surface area (TPSA) is 94.5 Å². The number of nitrogens with zero attached hydrogens (tertiary/aromatic N) is 3. The molecule has 0 fully saturated rings. The molecule has 182 valence electrons. The summed E-state index contributed by atoms with van der Waals surface area (Å²) in [7, 11) is 2.99. The van der Waals surface area contributed by atoms with Gasteiger partial charge < -0.3 is 19.8 Å². The van der Waals surface area contributed by atoms with E-state index in [1.807, 2.05) is 37.3 Å². The van der Waals surface area contributed by atoms with E-state index in [0.717, 1.165) is 11.6 Å². The number of fused-ring (bicyclic) bond motifs is 1. The summed E-state index contributed by atoms with van der Waals surface area (Å²) >= 11 is 0. The lowest BCUT2D eigenvalue weighted by Crippen LogP contribution is -2.30. The lowest BCUT2D eigenvalue weighted by molar-refractivity contribution is -0.140. The molecule has 2 N–H and O–H groups in total. The number of halogens is 3. The summed E-state index contributed by atoms with van der Waals surface area (Å²) < 4.78 is 50.7. The number of amides is 1. The van der Waals surface area contributed by atoms with E-state index in [9.17, 15) is 18.0 Å². The summed E-state index contributed by atoms with van der Waals surface area (Å²) in [6.45, 7) is 1.80. The lowest BCUT2D eigenvalue weighted by Gasteiger charge is -2.24. The van der Waals surface area contributed by atoms with E-state index in [-0.39, 0.29) is 41.2 Å². The van der Waals surface area contributed by atoms with Gasteiger partial charge in [-0.15, -0.1) is 0 Å². The molecule has 2 heterocycles. The number of oxazole rings is 1. The lowest BCUT2D eigenvalue weighted by atomic mass is 10.1. The number of hydrogen-bond acceptors (Lipinski definition) is 6. The van der Waals surface area contributed by atoms with Crippen molar-refractivity contribution >= 4 is 16.8 Å². The number of alkyl halides is 3. The molecule has 0 aliphatic carbocycles. The van der Waals surface area contributed by atoms with E-state index in [2.05, 4.69) is 9.97 Å². The van der Waals surface area contributed by atoms with Crippen LogP contribution in [-0.4, -0.2) is 34.9 Å². The SMILES string of the molecule is COc1ccc(-c2nc(C(=O)N(C)[C@H](C)c3ccccc3)c(CN)o2)c2ccc(C(F)(F)F)nc12. The molecule has 0 unspecified atom stereocenters. The number of rotatable bonds is 6. The molecule has 1 atom stereocenters. The minimum Gasteiger partial charge on any atom is -0.494 e. The molecule has 1 amide bonds. The summed E-state index contributed by atoms with van der Waals surface area (Å²) in [5.41, 5.74) is 6.11. The molecule has 7 nitrogen and oxygen atoms in total. The maximum absolute atomic E-state index is 13.3. The first kappa shape index (κ1) is 24.2. The fourth-order valence-corrected chi connectivity index (χ4v) is 3.77. The van der Waals surface area contributed by atoms with Gasteiger partial charge in [-0.3, -0.25) is 4.79 Å². The fraction of sp³-hybridized carbons (Fsp3) is 0.240. The predicted molar refractivity (Wildman–Crippen MR) is 124 cm³/mol. The summed E-state index contributed by atoms with van der Waals surface area (Å²) in [5, 5.41) is 0.326. The zero-order valence-electron chi connectivity index (χ0n) is 19.3.